The normalized spacial score (nSPS) is 13.7. The van der Waals surface area contributed by atoms with Crippen LogP contribution in [0.25, 0.3) is 0 Å². The third kappa shape index (κ3) is 3.05. The van der Waals surface area contributed by atoms with Crippen LogP contribution in [0.1, 0.15) is 5.56 Å². The van der Waals surface area contributed by atoms with Crippen molar-refractivity contribution in [3.8, 4) is 11.5 Å². The third-order valence-electron chi connectivity index (χ3n) is 3.23. The van der Waals surface area contributed by atoms with E-state index in [0.29, 0.717) is 30.4 Å². The highest BCUT2D eigenvalue weighted by Gasteiger charge is 2.19. The lowest BCUT2D eigenvalue weighted by Gasteiger charge is -2.19. The largest absolute Gasteiger partial charge is 0.486 e. The molecule has 1 aliphatic heterocycles. The van der Waals surface area contributed by atoms with E-state index in [1.54, 1.807) is 24.3 Å². The maximum absolute atomic E-state index is 12.5. The number of nitrogens with one attached hydrogen (secondary N) is 1. The molecule has 116 valence electrons. The average Bonchev–Trinajstić information content (AvgIpc) is 2.50. The number of sulfonamides is 1. The van der Waals surface area contributed by atoms with Crippen molar-refractivity contribution in [1.29, 1.82) is 0 Å². The molecule has 3 rings (SSSR count). The first kappa shape index (κ1) is 15.2. The number of fused-ring (bicyclic) bond motifs is 1. The fourth-order valence-electron chi connectivity index (χ4n) is 2.11. The standard InChI is InChI=1S/C15H14BrNO4S/c1-10-8-11(2-4-13(10)16)17-22(18,19)12-3-5-14-15(9-12)21-7-6-20-14/h2-5,8-9,17H,6-7H2,1H3. The number of aryl methyl sites for hydroxylation is 1. The Morgan fingerprint density at radius 2 is 1.77 bits per heavy atom. The van der Waals surface area contributed by atoms with Gasteiger partial charge in [0, 0.05) is 16.2 Å². The molecule has 2 aromatic rings. The molecule has 0 atom stereocenters. The van der Waals surface area contributed by atoms with Gasteiger partial charge >= 0.3 is 0 Å². The van der Waals surface area contributed by atoms with Gasteiger partial charge in [0.05, 0.1) is 4.90 Å². The van der Waals surface area contributed by atoms with E-state index < -0.39 is 10.0 Å². The molecule has 1 heterocycles. The van der Waals surface area contributed by atoms with Gasteiger partial charge in [-0.3, -0.25) is 4.72 Å². The summed E-state index contributed by atoms with van der Waals surface area (Å²) in [5.74, 6) is 1.01. The number of benzene rings is 2. The minimum atomic E-state index is -3.68. The monoisotopic (exact) mass is 383 g/mol. The summed E-state index contributed by atoms with van der Waals surface area (Å²) in [6.45, 7) is 2.78. The van der Waals surface area contributed by atoms with Gasteiger partial charge in [-0.25, -0.2) is 8.42 Å². The van der Waals surface area contributed by atoms with Crippen LogP contribution in [-0.2, 0) is 10.0 Å². The molecular weight excluding hydrogens is 370 g/mol. The quantitative estimate of drug-likeness (QED) is 0.882. The van der Waals surface area contributed by atoms with Crippen molar-refractivity contribution in [3.63, 3.8) is 0 Å². The minimum Gasteiger partial charge on any atom is -0.486 e. The van der Waals surface area contributed by atoms with Gasteiger partial charge < -0.3 is 9.47 Å². The smallest absolute Gasteiger partial charge is 0.262 e. The molecule has 0 unspecified atom stereocenters. The summed E-state index contributed by atoms with van der Waals surface area (Å²) in [5, 5.41) is 0. The molecule has 0 amide bonds. The van der Waals surface area contributed by atoms with Crippen molar-refractivity contribution in [1.82, 2.24) is 0 Å². The summed E-state index contributed by atoms with van der Waals surface area (Å²) < 4.78 is 39.2. The molecule has 2 aromatic carbocycles. The van der Waals surface area contributed by atoms with Gasteiger partial charge in [-0.2, -0.15) is 0 Å². The van der Waals surface area contributed by atoms with E-state index in [-0.39, 0.29) is 4.90 Å². The number of ether oxygens (including phenoxy) is 2. The zero-order chi connectivity index (χ0) is 15.7. The summed E-state index contributed by atoms with van der Waals surface area (Å²) in [7, 11) is -3.68. The van der Waals surface area contributed by atoms with Crippen LogP contribution in [0.15, 0.2) is 45.8 Å². The van der Waals surface area contributed by atoms with E-state index in [0.717, 1.165) is 10.0 Å². The second-order valence-corrected chi connectivity index (χ2v) is 7.41. The summed E-state index contributed by atoms with van der Waals surface area (Å²) in [6, 6.07) is 9.85. The topological polar surface area (TPSA) is 64.6 Å². The van der Waals surface area contributed by atoms with Crippen molar-refractivity contribution in [3.05, 3.63) is 46.4 Å². The molecule has 0 spiro atoms. The van der Waals surface area contributed by atoms with Crippen molar-refractivity contribution < 1.29 is 17.9 Å². The highest BCUT2D eigenvalue weighted by Crippen LogP contribution is 2.33. The Bertz CT molecular complexity index is 820. The molecule has 0 saturated heterocycles. The molecule has 1 aliphatic rings. The number of hydrogen-bond acceptors (Lipinski definition) is 4. The van der Waals surface area contributed by atoms with E-state index in [4.69, 9.17) is 9.47 Å². The zero-order valence-electron chi connectivity index (χ0n) is 11.8. The Kier molecular flexibility index (Phi) is 4.01. The van der Waals surface area contributed by atoms with Crippen molar-refractivity contribution in [2.75, 3.05) is 17.9 Å². The van der Waals surface area contributed by atoms with Crippen LogP contribution in [0, 0.1) is 6.92 Å². The second kappa shape index (κ2) is 5.81. The van der Waals surface area contributed by atoms with E-state index in [2.05, 4.69) is 20.7 Å². The molecule has 1 N–H and O–H groups in total. The molecule has 0 radical (unpaired) electrons. The lowest BCUT2D eigenvalue weighted by atomic mass is 10.2. The van der Waals surface area contributed by atoms with Crippen LogP contribution in [0.2, 0.25) is 0 Å². The van der Waals surface area contributed by atoms with Crippen molar-refractivity contribution in [2.45, 2.75) is 11.8 Å². The van der Waals surface area contributed by atoms with E-state index in [9.17, 15) is 8.42 Å². The Morgan fingerprint density at radius 1 is 1.05 bits per heavy atom. The fourth-order valence-corrected chi connectivity index (χ4v) is 3.42. The highest BCUT2D eigenvalue weighted by atomic mass is 79.9. The van der Waals surface area contributed by atoms with Crippen LogP contribution in [0.3, 0.4) is 0 Å². The predicted octanol–water partition coefficient (Wildman–Crippen LogP) is 3.33. The molecule has 0 aliphatic carbocycles. The zero-order valence-corrected chi connectivity index (χ0v) is 14.2. The van der Waals surface area contributed by atoms with Crippen LogP contribution in [0.4, 0.5) is 5.69 Å². The Morgan fingerprint density at radius 3 is 2.50 bits per heavy atom. The van der Waals surface area contributed by atoms with Gasteiger partial charge in [-0.15, -0.1) is 0 Å². The lowest BCUT2D eigenvalue weighted by molar-refractivity contribution is 0.171. The van der Waals surface area contributed by atoms with Crippen molar-refractivity contribution >= 4 is 31.6 Å². The van der Waals surface area contributed by atoms with Crippen LogP contribution >= 0.6 is 15.9 Å². The summed E-state index contributed by atoms with van der Waals surface area (Å²) in [5.41, 5.74) is 1.46. The van der Waals surface area contributed by atoms with Gasteiger partial charge in [0.1, 0.15) is 13.2 Å². The summed E-state index contributed by atoms with van der Waals surface area (Å²) in [6.07, 6.45) is 0. The van der Waals surface area contributed by atoms with E-state index in [1.165, 1.54) is 12.1 Å². The summed E-state index contributed by atoms with van der Waals surface area (Å²) in [4.78, 5) is 0.136. The average molecular weight is 384 g/mol. The molecule has 0 saturated carbocycles. The predicted molar refractivity (Wildman–Crippen MR) is 87.1 cm³/mol. The number of halogens is 1. The van der Waals surface area contributed by atoms with E-state index >= 15 is 0 Å². The minimum absolute atomic E-state index is 0.136. The Labute approximate surface area is 137 Å². The molecule has 0 bridgehead atoms. The maximum Gasteiger partial charge on any atom is 0.262 e. The van der Waals surface area contributed by atoms with Crippen LogP contribution < -0.4 is 14.2 Å². The lowest BCUT2D eigenvalue weighted by Crippen LogP contribution is -2.17. The van der Waals surface area contributed by atoms with Crippen LogP contribution in [-0.4, -0.2) is 21.6 Å². The molecule has 7 heteroatoms. The van der Waals surface area contributed by atoms with Gasteiger partial charge in [-0.1, -0.05) is 15.9 Å². The third-order valence-corrected chi connectivity index (χ3v) is 5.50. The van der Waals surface area contributed by atoms with Crippen molar-refractivity contribution in [2.24, 2.45) is 0 Å². The maximum atomic E-state index is 12.5. The number of rotatable bonds is 3. The first-order valence-electron chi connectivity index (χ1n) is 6.64. The first-order valence-corrected chi connectivity index (χ1v) is 8.92. The number of anilines is 1. The molecule has 0 aromatic heterocycles. The van der Waals surface area contributed by atoms with Gasteiger partial charge in [-0.05, 0) is 42.8 Å². The second-order valence-electron chi connectivity index (χ2n) is 4.87. The number of hydrogen-bond donors (Lipinski definition) is 1. The van der Waals surface area contributed by atoms with Gasteiger partial charge in [0.2, 0.25) is 0 Å². The summed E-state index contributed by atoms with van der Waals surface area (Å²) >= 11 is 3.39. The van der Waals surface area contributed by atoms with Crippen LogP contribution in [0.5, 0.6) is 11.5 Å². The Balaban J connectivity index is 1.90. The van der Waals surface area contributed by atoms with E-state index in [1.807, 2.05) is 6.92 Å². The van der Waals surface area contributed by atoms with Gasteiger partial charge in [0.25, 0.3) is 10.0 Å². The first-order chi connectivity index (χ1) is 10.5. The highest BCUT2D eigenvalue weighted by molar-refractivity contribution is 9.10. The molecular formula is C15H14BrNO4S. The molecule has 22 heavy (non-hydrogen) atoms. The molecule has 5 nitrogen and oxygen atoms in total. The van der Waals surface area contributed by atoms with Gasteiger partial charge in [0.15, 0.2) is 11.5 Å². The Hall–Kier alpha value is -1.73. The molecule has 0 fully saturated rings. The SMILES string of the molecule is Cc1cc(NS(=O)(=O)c2ccc3c(c2)OCCO3)ccc1Br. The fraction of sp³-hybridized carbons (Fsp3) is 0.200.